The fourth-order valence-corrected chi connectivity index (χ4v) is 12.9. The van der Waals surface area contributed by atoms with Crippen molar-refractivity contribution in [1.82, 2.24) is 0 Å². The molecule has 2 aliphatic carbocycles. The van der Waals surface area contributed by atoms with Gasteiger partial charge in [-0.3, -0.25) is 0 Å². The van der Waals surface area contributed by atoms with Gasteiger partial charge in [0.05, 0.1) is 44.6 Å². The molecular formula is C37H18N2O3S2+2. The third kappa shape index (κ3) is 1.89. The second-order valence-corrected chi connectivity index (χ2v) is 15.5. The third-order valence-corrected chi connectivity index (χ3v) is 14.3. The van der Waals surface area contributed by atoms with E-state index in [1.165, 1.54) is 22.5 Å². The van der Waals surface area contributed by atoms with Crippen LogP contribution in [0.25, 0.3) is 22.3 Å². The maximum atomic E-state index is 14.4. The van der Waals surface area contributed by atoms with Crippen molar-refractivity contribution in [1.29, 1.82) is 0 Å². The average Bonchev–Trinajstić information content (AvgIpc) is 3.59. The first kappa shape index (κ1) is 21.9. The Morgan fingerprint density at radius 2 is 0.977 bits per heavy atom. The Labute approximate surface area is 255 Å². The molecule has 7 heteroatoms. The number of pyridine rings is 2. The molecule has 4 unspecified atom stereocenters. The molecule has 0 amide bonds. The number of ether oxygens (including phenoxy) is 1. The summed E-state index contributed by atoms with van der Waals surface area (Å²) in [7, 11) is -2.66. The Kier molecular flexibility index (Phi) is 3.25. The molecule has 44 heavy (non-hydrogen) atoms. The van der Waals surface area contributed by atoms with Crippen LogP contribution in [0.5, 0.6) is 11.5 Å². The number of benzene rings is 4. The lowest BCUT2D eigenvalue weighted by atomic mass is 9.69. The first-order valence-corrected chi connectivity index (χ1v) is 17.2. The largest absolute Gasteiger partial charge is 0.456 e. The van der Waals surface area contributed by atoms with E-state index in [1.807, 2.05) is 48.5 Å². The first-order chi connectivity index (χ1) is 21.7. The minimum atomic E-state index is -1.33. The van der Waals surface area contributed by atoms with Gasteiger partial charge < -0.3 is 4.74 Å². The van der Waals surface area contributed by atoms with E-state index in [1.54, 1.807) is 0 Å². The Hall–Kier alpha value is -4.72. The molecule has 5 aliphatic heterocycles. The predicted molar refractivity (Wildman–Crippen MR) is 160 cm³/mol. The Morgan fingerprint density at radius 3 is 1.48 bits per heavy atom. The van der Waals surface area contributed by atoms with Gasteiger partial charge in [0, 0.05) is 42.8 Å². The summed E-state index contributed by atoms with van der Waals surface area (Å²) in [6, 6.07) is 29.4. The second kappa shape index (κ2) is 6.53. The molecule has 13 rings (SSSR count). The van der Waals surface area contributed by atoms with Gasteiger partial charge in [-0.25, -0.2) is 8.42 Å². The topological polar surface area (TPSA) is 51.1 Å². The predicted octanol–water partition coefficient (Wildman–Crippen LogP) is 5.57. The fraction of sp³-hybridized carbons (Fsp3) is 0.0811. The van der Waals surface area contributed by atoms with Crippen LogP contribution in [0.1, 0.15) is 56.6 Å². The summed E-state index contributed by atoms with van der Waals surface area (Å²) in [5.74, 6) is 1.51. The number of hydrogen-bond acceptors (Lipinski definition) is 3. The fourth-order valence-electron chi connectivity index (χ4n) is 9.99. The maximum Gasteiger partial charge on any atom is 0.423 e. The molecule has 1 spiro atoms. The molecule has 7 aliphatic rings. The van der Waals surface area contributed by atoms with E-state index >= 15 is 0 Å². The molecule has 2 aromatic heterocycles. The van der Waals surface area contributed by atoms with E-state index in [9.17, 15) is 8.42 Å². The highest BCUT2D eigenvalue weighted by Gasteiger charge is 2.73. The highest BCUT2D eigenvalue weighted by atomic mass is 32.2. The van der Waals surface area contributed by atoms with E-state index in [-0.39, 0.29) is 11.8 Å². The zero-order chi connectivity index (χ0) is 28.4. The van der Waals surface area contributed by atoms with Gasteiger partial charge >= 0.3 is 5.66 Å². The van der Waals surface area contributed by atoms with E-state index in [4.69, 9.17) is 4.74 Å². The molecule has 0 fully saturated rings. The highest BCUT2D eigenvalue weighted by molar-refractivity contribution is 7.85. The average molecular weight is 603 g/mol. The molecule has 0 saturated heterocycles. The monoisotopic (exact) mass is 602 g/mol. The smallest absolute Gasteiger partial charge is 0.423 e. The Balaban J connectivity index is 1.33. The number of hydrogen-bond donors (Lipinski definition) is 0. The van der Waals surface area contributed by atoms with Crippen LogP contribution < -0.4 is 13.9 Å². The lowest BCUT2D eigenvalue weighted by Gasteiger charge is -2.43. The van der Waals surface area contributed by atoms with Crippen molar-refractivity contribution in [2.75, 3.05) is 0 Å². The Bertz CT molecular complexity index is 2430. The zero-order valence-electron chi connectivity index (χ0n) is 22.8. The van der Waals surface area contributed by atoms with Gasteiger partial charge in [-0.15, -0.1) is 9.13 Å². The van der Waals surface area contributed by atoms with Crippen LogP contribution in [-0.4, -0.2) is 8.42 Å². The van der Waals surface area contributed by atoms with Gasteiger partial charge in [0.15, 0.2) is 12.4 Å². The van der Waals surface area contributed by atoms with Crippen LogP contribution >= 0.6 is 0 Å². The molecule has 0 radical (unpaired) electrons. The molecule has 4 atom stereocenters. The van der Waals surface area contributed by atoms with Crippen molar-refractivity contribution in [3.05, 3.63) is 142 Å². The van der Waals surface area contributed by atoms with Crippen LogP contribution in [0, 0.1) is 0 Å². The minimum Gasteiger partial charge on any atom is -0.456 e. The van der Waals surface area contributed by atoms with Crippen LogP contribution in [0.15, 0.2) is 117 Å². The van der Waals surface area contributed by atoms with Crippen LogP contribution in [0.4, 0.5) is 0 Å². The summed E-state index contributed by atoms with van der Waals surface area (Å²) in [6.07, 6.45) is 4.45. The van der Waals surface area contributed by atoms with E-state index in [0.29, 0.717) is 0 Å². The summed E-state index contributed by atoms with van der Waals surface area (Å²) >= 11 is 0. The number of aromatic nitrogens is 2. The standard InChI is InChI=1S/C37H18N2O3S2/c40-43-23-9-1-5-17-19-7-3-15-38-35(19)31(27(17)23)29-25(43)13-11-21-33(29)37(38)34-22(42-21)12-14-26-30(34)32-28-18(6-2-10-24(28)44(26)41)20-8-4-16-39(37)36(20)32/h1-16,31-32H/q+2. The van der Waals surface area contributed by atoms with Gasteiger partial charge in [-0.1, -0.05) is 24.3 Å². The Morgan fingerprint density at radius 1 is 0.523 bits per heavy atom. The van der Waals surface area contributed by atoms with E-state index < -0.39 is 27.3 Å². The molecular weight excluding hydrogens is 585 g/mol. The van der Waals surface area contributed by atoms with Crippen molar-refractivity contribution in [2.24, 2.45) is 0 Å². The number of rotatable bonds is 0. The van der Waals surface area contributed by atoms with Gasteiger partial charge in [-0.05, 0) is 70.8 Å². The number of nitrogens with zero attached hydrogens (tertiary/aromatic N) is 2. The van der Waals surface area contributed by atoms with Crippen molar-refractivity contribution in [3.63, 3.8) is 0 Å². The quantitative estimate of drug-likeness (QED) is 0.213. The third-order valence-electron chi connectivity index (χ3n) is 11.2. The summed E-state index contributed by atoms with van der Waals surface area (Å²) in [6.45, 7) is 0. The van der Waals surface area contributed by atoms with E-state index in [2.05, 4.69) is 57.9 Å². The minimum absolute atomic E-state index is 0.0385. The SMILES string of the molecule is O=S1c2cccc3c2C2c4c1ccc1c4C4(c5c(ccc6c5C5c7c(cccc7S6=O)-c6ccc[n+]4c65)O1)[n+]1cccc-3c12. The summed E-state index contributed by atoms with van der Waals surface area (Å²) < 4.78 is 40.7. The van der Waals surface area contributed by atoms with Crippen LogP contribution in [0.2, 0.25) is 0 Å². The number of fused-ring (bicyclic) bond motifs is 2. The molecule has 0 N–H and O–H groups in total. The van der Waals surface area contributed by atoms with Crippen molar-refractivity contribution >= 4 is 21.6 Å². The van der Waals surface area contributed by atoms with Crippen molar-refractivity contribution in [2.45, 2.75) is 37.1 Å². The lowest BCUT2D eigenvalue weighted by Crippen LogP contribution is -2.80. The molecule has 5 nitrogen and oxygen atoms in total. The molecule has 0 bridgehead atoms. The molecule has 7 heterocycles. The lowest BCUT2D eigenvalue weighted by molar-refractivity contribution is -0.979. The summed E-state index contributed by atoms with van der Waals surface area (Å²) in [5.41, 5.74) is 12.9. The van der Waals surface area contributed by atoms with Gasteiger partial charge in [0.2, 0.25) is 11.4 Å². The molecule has 204 valence electrons. The van der Waals surface area contributed by atoms with Gasteiger partial charge in [0.1, 0.15) is 22.6 Å². The van der Waals surface area contributed by atoms with Gasteiger partial charge in [-0.2, -0.15) is 0 Å². The van der Waals surface area contributed by atoms with Crippen molar-refractivity contribution < 1.29 is 22.3 Å². The summed E-state index contributed by atoms with van der Waals surface area (Å²) in [5, 5.41) is 0. The van der Waals surface area contributed by atoms with Crippen LogP contribution in [0.3, 0.4) is 0 Å². The van der Waals surface area contributed by atoms with Crippen LogP contribution in [-0.2, 0) is 27.3 Å². The van der Waals surface area contributed by atoms with Crippen molar-refractivity contribution in [3.8, 4) is 33.8 Å². The van der Waals surface area contributed by atoms with Gasteiger partial charge in [0.25, 0.3) is 0 Å². The second-order valence-electron chi connectivity index (χ2n) is 12.7. The first-order valence-electron chi connectivity index (χ1n) is 14.9. The maximum absolute atomic E-state index is 14.4. The summed E-state index contributed by atoms with van der Waals surface area (Å²) in [4.78, 5) is 3.54. The molecule has 0 saturated carbocycles. The molecule has 6 aromatic rings. The highest BCUT2D eigenvalue weighted by Crippen LogP contribution is 2.66. The molecule has 4 aromatic carbocycles. The zero-order valence-corrected chi connectivity index (χ0v) is 24.5. The van der Waals surface area contributed by atoms with E-state index in [0.717, 1.165) is 75.6 Å². The normalized spacial score (nSPS) is 25.7.